The third-order valence-electron chi connectivity index (χ3n) is 4.23. The third-order valence-corrected chi connectivity index (χ3v) is 4.63. The molecule has 100 valence electrons. The number of nitrogens with zero attached hydrogens (tertiary/aromatic N) is 1. The highest BCUT2D eigenvalue weighted by atomic mass is 35.5. The van der Waals surface area contributed by atoms with E-state index in [2.05, 4.69) is 11.1 Å². The van der Waals surface area contributed by atoms with E-state index in [0.717, 1.165) is 31.2 Å². The summed E-state index contributed by atoms with van der Waals surface area (Å²) in [4.78, 5) is 14.6. The van der Waals surface area contributed by atoms with Crippen LogP contribution in [0.5, 0.6) is 5.75 Å². The molecule has 0 aliphatic heterocycles. The first-order valence-electron chi connectivity index (χ1n) is 6.69. The molecule has 0 amide bonds. The Morgan fingerprint density at radius 2 is 2.11 bits per heavy atom. The van der Waals surface area contributed by atoms with E-state index in [9.17, 15) is 4.79 Å². The molecule has 1 fully saturated rings. The van der Waals surface area contributed by atoms with Crippen LogP contribution in [0, 0.1) is 0 Å². The van der Waals surface area contributed by atoms with Crippen LogP contribution >= 0.6 is 11.6 Å². The predicted molar refractivity (Wildman–Crippen MR) is 73.7 cm³/mol. The molecule has 0 spiro atoms. The molecule has 19 heavy (non-hydrogen) atoms. The van der Waals surface area contributed by atoms with E-state index in [4.69, 9.17) is 16.3 Å². The van der Waals surface area contributed by atoms with Crippen molar-refractivity contribution in [3.8, 4) is 5.75 Å². The van der Waals surface area contributed by atoms with E-state index >= 15 is 0 Å². The first-order chi connectivity index (χ1) is 9.22. The minimum atomic E-state index is -0.427. The fourth-order valence-corrected chi connectivity index (χ4v) is 3.42. The van der Waals surface area contributed by atoms with E-state index < -0.39 is 5.54 Å². The van der Waals surface area contributed by atoms with Gasteiger partial charge in [-0.3, -0.25) is 0 Å². The van der Waals surface area contributed by atoms with Crippen LogP contribution in [-0.4, -0.2) is 13.2 Å². The van der Waals surface area contributed by atoms with Gasteiger partial charge >= 0.3 is 0 Å². The molecule has 0 saturated heterocycles. The molecule has 0 atom stereocenters. The summed E-state index contributed by atoms with van der Waals surface area (Å²) in [5, 5.41) is 0.710. The van der Waals surface area contributed by atoms with Crippen LogP contribution in [0.15, 0.2) is 11.1 Å². The summed E-state index contributed by atoms with van der Waals surface area (Å²) >= 11 is 6.50. The molecule has 1 aromatic rings. The number of hydrogen-bond acceptors (Lipinski definition) is 3. The number of fused-ring (bicyclic) bond motifs is 1. The number of aliphatic imine (C=N–C) groups is 1. The second-order valence-electron chi connectivity index (χ2n) is 5.35. The molecule has 0 unspecified atom stereocenters. The summed E-state index contributed by atoms with van der Waals surface area (Å²) < 4.78 is 5.49. The van der Waals surface area contributed by atoms with Gasteiger partial charge in [-0.15, -0.1) is 0 Å². The van der Waals surface area contributed by atoms with Gasteiger partial charge in [0, 0.05) is 5.56 Å². The smallest absolute Gasteiger partial charge is 0.235 e. The zero-order valence-electron chi connectivity index (χ0n) is 11.0. The Hall–Kier alpha value is -1.31. The van der Waals surface area contributed by atoms with Gasteiger partial charge < -0.3 is 4.74 Å². The zero-order valence-corrected chi connectivity index (χ0v) is 11.7. The Balaban J connectivity index is 2.19. The van der Waals surface area contributed by atoms with Crippen molar-refractivity contribution in [1.29, 1.82) is 0 Å². The average molecular weight is 278 g/mol. The Morgan fingerprint density at radius 3 is 2.74 bits per heavy atom. The highest BCUT2D eigenvalue weighted by Gasteiger charge is 2.47. The number of halogens is 1. The van der Waals surface area contributed by atoms with Gasteiger partial charge in [-0.2, -0.15) is 4.99 Å². The lowest BCUT2D eigenvalue weighted by molar-refractivity contribution is 0.403. The van der Waals surface area contributed by atoms with E-state index in [1.54, 1.807) is 13.2 Å². The van der Waals surface area contributed by atoms with Gasteiger partial charge in [0.15, 0.2) is 0 Å². The maximum atomic E-state index is 10.6. The van der Waals surface area contributed by atoms with Crippen molar-refractivity contribution >= 4 is 17.7 Å². The van der Waals surface area contributed by atoms with Crippen molar-refractivity contribution in [2.45, 2.75) is 44.1 Å². The summed E-state index contributed by atoms with van der Waals surface area (Å²) in [5.74, 6) is 0.693. The number of rotatable bonds is 3. The van der Waals surface area contributed by atoms with Crippen LogP contribution in [0.25, 0.3) is 0 Å². The van der Waals surface area contributed by atoms with Gasteiger partial charge in [-0.1, -0.05) is 11.6 Å². The number of aryl methyl sites for hydroxylation is 1. The fraction of sp³-hybridized carbons (Fsp3) is 0.533. The van der Waals surface area contributed by atoms with Gasteiger partial charge in [0.05, 0.1) is 12.1 Å². The number of hydrogen-bond donors (Lipinski definition) is 0. The van der Waals surface area contributed by atoms with Crippen LogP contribution in [0.2, 0.25) is 5.02 Å². The highest BCUT2D eigenvalue weighted by Crippen LogP contribution is 2.55. The Morgan fingerprint density at radius 1 is 1.37 bits per heavy atom. The minimum absolute atomic E-state index is 0.427. The maximum Gasteiger partial charge on any atom is 0.235 e. The zero-order chi connectivity index (χ0) is 13.5. The second kappa shape index (κ2) is 4.66. The van der Waals surface area contributed by atoms with Gasteiger partial charge in [-0.25, -0.2) is 4.79 Å². The van der Waals surface area contributed by atoms with E-state index in [0.29, 0.717) is 10.8 Å². The van der Waals surface area contributed by atoms with E-state index in [-0.39, 0.29) is 0 Å². The molecule has 0 bridgehead atoms. The molecule has 0 N–H and O–H groups in total. The molecule has 3 rings (SSSR count). The first kappa shape index (κ1) is 12.7. The Kier molecular flexibility index (Phi) is 3.12. The van der Waals surface area contributed by atoms with Crippen LogP contribution in [0.1, 0.15) is 42.4 Å². The molecule has 4 heteroatoms. The molecule has 0 heterocycles. The number of carbonyl (C=O) groups excluding carboxylic acids is 1. The van der Waals surface area contributed by atoms with Gasteiger partial charge in [0.25, 0.3) is 0 Å². The van der Waals surface area contributed by atoms with E-state index in [1.165, 1.54) is 24.0 Å². The molecular weight excluding hydrogens is 262 g/mol. The molecule has 1 aromatic carbocycles. The van der Waals surface area contributed by atoms with Crippen LogP contribution < -0.4 is 4.74 Å². The fourth-order valence-electron chi connectivity index (χ4n) is 3.03. The quantitative estimate of drug-likeness (QED) is 0.626. The first-order valence-corrected chi connectivity index (χ1v) is 7.07. The third kappa shape index (κ3) is 1.98. The lowest BCUT2D eigenvalue weighted by atomic mass is 9.88. The Bertz CT molecular complexity index is 572. The second-order valence-corrected chi connectivity index (χ2v) is 5.73. The Labute approximate surface area is 117 Å². The number of methoxy groups -OCH3 is 1. The maximum absolute atomic E-state index is 10.6. The molecule has 2 aliphatic carbocycles. The van der Waals surface area contributed by atoms with Crippen molar-refractivity contribution in [1.82, 2.24) is 0 Å². The van der Waals surface area contributed by atoms with Crippen molar-refractivity contribution in [2.75, 3.05) is 7.11 Å². The summed E-state index contributed by atoms with van der Waals surface area (Å²) in [7, 11) is 1.63. The molecule has 0 aromatic heterocycles. The number of ether oxygens (including phenoxy) is 1. The standard InChI is InChI=1S/C15H16ClNO2/c1-19-14-12(15(6-7-15)17-9-18)8-10-4-2-3-5-11(10)13(14)16/h8H,2-7H2,1H3. The van der Waals surface area contributed by atoms with E-state index in [1.807, 2.05) is 0 Å². The summed E-state index contributed by atoms with van der Waals surface area (Å²) in [6.07, 6.45) is 7.86. The van der Waals surface area contributed by atoms with Crippen molar-refractivity contribution in [2.24, 2.45) is 4.99 Å². The lowest BCUT2D eigenvalue weighted by Crippen LogP contribution is -2.11. The van der Waals surface area contributed by atoms with Gasteiger partial charge in [0.1, 0.15) is 11.3 Å². The number of isocyanates is 1. The van der Waals surface area contributed by atoms with Crippen LogP contribution in [-0.2, 0) is 23.2 Å². The average Bonchev–Trinajstić information content (AvgIpc) is 3.20. The van der Waals surface area contributed by atoms with Gasteiger partial charge in [-0.05, 0) is 55.7 Å². The molecular formula is C15H16ClNO2. The summed E-state index contributed by atoms with van der Waals surface area (Å²) in [5.41, 5.74) is 3.03. The topological polar surface area (TPSA) is 38.7 Å². The summed E-state index contributed by atoms with van der Waals surface area (Å²) in [6, 6.07) is 2.15. The monoisotopic (exact) mass is 277 g/mol. The molecule has 2 aliphatic rings. The van der Waals surface area contributed by atoms with Crippen LogP contribution in [0.3, 0.4) is 0 Å². The molecule has 1 saturated carbocycles. The normalized spacial score (nSPS) is 19.3. The molecule has 3 nitrogen and oxygen atoms in total. The largest absolute Gasteiger partial charge is 0.495 e. The highest BCUT2D eigenvalue weighted by molar-refractivity contribution is 6.33. The minimum Gasteiger partial charge on any atom is -0.495 e. The lowest BCUT2D eigenvalue weighted by Gasteiger charge is -2.23. The van der Waals surface area contributed by atoms with Crippen molar-refractivity contribution in [3.05, 3.63) is 27.8 Å². The SMILES string of the molecule is COc1c(C2(N=C=O)CC2)cc2c(c1Cl)CCCC2. The summed E-state index contributed by atoms with van der Waals surface area (Å²) in [6.45, 7) is 0. The molecule has 0 radical (unpaired) electrons. The number of benzene rings is 1. The van der Waals surface area contributed by atoms with Gasteiger partial charge in [0.2, 0.25) is 6.08 Å². The van der Waals surface area contributed by atoms with Crippen molar-refractivity contribution in [3.63, 3.8) is 0 Å². The van der Waals surface area contributed by atoms with Crippen LogP contribution in [0.4, 0.5) is 0 Å². The predicted octanol–water partition coefficient (Wildman–Crippen LogP) is 3.55. The van der Waals surface area contributed by atoms with Crippen molar-refractivity contribution < 1.29 is 9.53 Å².